The molecule has 0 radical (unpaired) electrons. The van der Waals surface area contributed by atoms with Crippen molar-refractivity contribution >= 4 is 17.5 Å². The number of aryl methyl sites for hydroxylation is 1. The smallest absolute Gasteiger partial charge is 0.251 e. The molecular weight excluding hydrogens is 448 g/mol. The molecule has 3 heterocycles. The fraction of sp³-hybridized carbons (Fsp3) is 0.400. The van der Waals surface area contributed by atoms with Crippen LogP contribution in [0.1, 0.15) is 65.8 Å². The van der Waals surface area contributed by atoms with Crippen molar-refractivity contribution in [3.8, 4) is 0 Å². The van der Waals surface area contributed by atoms with Gasteiger partial charge >= 0.3 is 0 Å². The molecule has 2 aromatic carbocycles. The van der Waals surface area contributed by atoms with E-state index in [4.69, 9.17) is 0 Å². The van der Waals surface area contributed by atoms with Crippen LogP contribution in [0.3, 0.4) is 0 Å². The van der Waals surface area contributed by atoms with Crippen LogP contribution < -0.4 is 10.6 Å². The molecule has 186 valence electrons. The normalized spacial score (nSPS) is 27.0. The van der Waals surface area contributed by atoms with E-state index < -0.39 is 0 Å². The van der Waals surface area contributed by atoms with E-state index in [1.54, 1.807) is 0 Å². The van der Waals surface area contributed by atoms with Crippen LogP contribution in [-0.2, 0) is 11.8 Å². The summed E-state index contributed by atoms with van der Waals surface area (Å²) in [5.41, 5.74) is 4.22. The fourth-order valence-electron chi connectivity index (χ4n) is 6.72. The van der Waals surface area contributed by atoms with E-state index in [0.717, 1.165) is 44.3 Å². The molecular formula is C30H34N4O2. The van der Waals surface area contributed by atoms with Crippen LogP contribution in [0.25, 0.3) is 0 Å². The Bertz CT molecular complexity index is 1250. The molecule has 1 saturated carbocycles. The summed E-state index contributed by atoms with van der Waals surface area (Å²) in [4.78, 5) is 29.3. The molecule has 6 nitrogen and oxygen atoms in total. The number of carbonyl (C=O) groups excluding carboxylic acids is 2. The summed E-state index contributed by atoms with van der Waals surface area (Å²) in [7, 11) is 2.09. The lowest BCUT2D eigenvalue weighted by atomic mass is 9.80. The zero-order valence-corrected chi connectivity index (χ0v) is 20.8. The highest BCUT2D eigenvalue weighted by Crippen LogP contribution is 2.51. The molecule has 2 unspecified atom stereocenters. The van der Waals surface area contributed by atoms with E-state index in [9.17, 15) is 9.59 Å². The van der Waals surface area contributed by atoms with Crippen molar-refractivity contribution in [3.05, 3.63) is 89.7 Å². The molecule has 0 spiro atoms. The van der Waals surface area contributed by atoms with E-state index >= 15 is 0 Å². The maximum absolute atomic E-state index is 14.2. The van der Waals surface area contributed by atoms with Crippen molar-refractivity contribution < 1.29 is 9.59 Å². The van der Waals surface area contributed by atoms with Gasteiger partial charge in [0.2, 0.25) is 5.91 Å². The van der Waals surface area contributed by atoms with Crippen molar-refractivity contribution in [2.75, 3.05) is 11.9 Å². The number of carbonyl (C=O) groups is 2. The summed E-state index contributed by atoms with van der Waals surface area (Å²) in [6.45, 7) is 0.751. The van der Waals surface area contributed by atoms with E-state index in [-0.39, 0.29) is 35.9 Å². The van der Waals surface area contributed by atoms with Crippen LogP contribution in [0.4, 0.5) is 5.69 Å². The number of hydrogen-bond acceptors (Lipinski definition) is 3. The predicted molar refractivity (Wildman–Crippen MR) is 140 cm³/mol. The van der Waals surface area contributed by atoms with Gasteiger partial charge in [0.25, 0.3) is 5.91 Å². The van der Waals surface area contributed by atoms with Gasteiger partial charge in [-0.2, -0.15) is 0 Å². The molecule has 36 heavy (non-hydrogen) atoms. The average Bonchev–Trinajstić information content (AvgIpc) is 3.55. The SMILES string of the molecule is Cn1cccc1C1Nc2ccccc2C2[C@@H]1CCN2C(=O)[C@H]1CCCC[C@H]1NC(=O)c1ccccc1. The molecule has 3 aromatic rings. The van der Waals surface area contributed by atoms with Crippen LogP contribution in [0.2, 0.25) is 0 Å². The summed E-state index contributed by atoms with van der Waals surface area (Å²) < 4.78 is 2.18. The van der Waals surface area contributed by atoms with E-state index in [1.807, 2.05) is 30.3 Å². The quantitative estimate of drug-likeness (QED) is 0.546. The average molecular weight is 483 g/mol. The lowest BCUT2D eigenvalue weighted by Gasteiger charge is -2.42. The van der Waals surface area contributed by atoms with Gasteiger partial charge in [-0.1, -0.05) is 49.2 Å². The van der Waals surface area contributed by atoms with Gasteiger partial charge in [-0.15, -0.1) is 0 Å². The molecule has 1 saturated heterocycles. The Labute approximate surface area is 212 Å². The topological polar surface area (TPSA) is 66.4 Å². The summed E-state index contributed by atoms with van der Waals surface area (Å²) in [6, 6.07) is 22.1. The number of nitrogens with zero attached hydrogens (tertiary/aromatic N) is 2. The van der Waals surface area contributed by atoms with Gasteiger partial charge in [-0.05, 0) is 55.2 Å². The summed E-state index contributed by atoms with van der Waals surface area (Å²) in [6.07, 6.45) is 6.79. The first kappa shape index (κ1) is 22.9. The number of benzene rings is 2. The maximum Gasteiger partial charge on any atom is 0.251 e. The lowest BCUT2D eigenvalue weighted by molar-refractivity contribution is -0.138. The third-order valence-corrected chi connectivity index (χ3v) is 8.48. The summed E-state index contributed by atoms with van der Waals surface area (Å²) in [5, 5.41) is 7.01. The Balaban J connectivity index is 1.28. The lowest BCUT2D eigenvalue weighted by Crippen LogP contribution is -2.50. The molecule has 2 N–H and O–H groups in total. The third-order valence-electron chi connectivity index (χ3n) is 8.48. The van der Waals surface area contributed by atoms with Crippen LogP contribution in [-0.4, -0.2) is 33.9 Å². The number of nitrogens with one attached hydrogen (secondary N) is 2. The highest BCUT2D eigenvalue weighted by atomic mass is 16.2. The van der Waals surface area contributed by atoms with E-state index in [2.05, 4.69) is 69.7 Å². The first-order chi connectivity index (χ1) is 17.6. The van der Waals surface area contributed by atoms with Crippen LogP contribution in [0.5, 0.6) is 0 Å². The van der Waals surface area contributed by atoms with Gasteiger partial charge in [0, 0.05) is 48.7 Å². The molecule has 2 fully saturated rings. The van der Waals surface area contributed by atoms with Crippen molar-refractivity contribution in [3.63, 3.8) is 0 Å². The minimum Gasteiger partial charge on any atom is -0.376 e. The second-order valence-electron chi connectivity index (χ2n) is 10.5. The zero-order valence-electron chi connectivity index (χ0n) is 20.8. The minimum atomic E-state index is -0.180. The first-order valence-corrected chi connectivity index (χ1v) is 13.2. The Hall–Kier alpha value is -3.54. The third kappa shape index (κ3) is 3.98. The number of hydrogen-bond donors (Lipinski definition) is 2. The Morgan fingerprint density at radius 3 is 2.50 bits per heavy atom. The number of likely N-dealkylation sites (tertiary alicyclic amines) is 1. The maximum atomic E-state index is 14.2. The predicted octanol–water partition coefficient (Wildman–Crippen LogP) is 5.07. The van der Waals surface area contributed by atoms with Gasteiger partial charge in [0.05, 0.1) is 18.0 Å². The van der Waals surface area contributed by atoms with Crippen LogP contribution >= 0.6 is 0 Å². The van der Waals surface area contributed by atoms with Gasteiger partial charge in [-0.25, -0.2) is 0 Å². The highest BCUT2D eigenvalue weighted by molar-refractivity contribution is 5.94. The van der Waals surface area contributed by atoms with Crippen LogP contribution in [0.15, 0.2) is 72.9 Å². The molecule has 1 aliphatic carbocycles. The molecule has 3 aliphatic rings. The number of rotatable bonds is 4. The molecule has 2 aliphatic heterocycles. The Morgan fingerprint density at radius 1 is 0.917 bits per heavy atom. The first-order valence-electron chi connectivity index (χ1n) is 13.2. The second kappa shape index (κ2) is 9.49. The minimum absolute atomic E-state index is 0.0438. The zero-order chi connectivity index (χ0) is 24.6. The standard InChI is InChI=1S/C30H34N4O2/c1-33-18-9-16-26(33)27-23-17-19-34(28(23)21-12-5-7-14-24(21)31-27)30(36)22-13-6-8-15-25(22)32-29(35)20-10-3-2-4-11-20/h2-5,7,9-12,14,16,18,22-23,25,27-28,31H,6,8,13,15,17,19H2,1H3,(H,32,35)/t22-,23+,25+,27?,28?/m0/s1. The molecule has 6 rings (SSSR count). The fourth-order valence-corrected chi connectivity index (χ4v) is 6.72. The molecule has 6 heteroatoms. The number of para-hydroxylation sites is 1. The second-order valence-corrected chi connectivity index (χ2v) is 10.5. The Morgan fingerprint density at radius 2 is 1.69 bits per heavy atom. The molecule has 2 amide bonds. The van der Waals surface area contributed by atoms with Crippen molar-refractivity contribution in [2.45, 2.75) is 50.2 Å². The van der Waals surface area contributed by atoms with Gasteiger partial charge < -0.3 is 20.1 Å². The van der Waals surface area contributed by atoms with Crippen LogP contribution in [0, 0.1) is 11.8 Å². The van der Waals surface area contributed by atoms with E-state index in [0.29, 0.717) is 11.5 Å². The Kier molecular flexibility index (Phi) is 6.04. The molecule has 0 bridgehead atoms. The van der Waals surface area contributed by atoms with Gasteiger partial charge in [-0.3, -0.25) is 9.59 Å². The van der Waals surface area contributed by atoms with Gasteiger partial charge in [0.15, 0.2) is 0 Å². The number of fused-ring (bicyclic) bond motifs is 3. The summed E-state index contributed by atoms with van der Waals surface area (Å²) >= 11 is 0. The number of amides is 2. The number of aromatic nitrogens is 1. The van der Waals surface area contributed by atoms with Crippen molar-refractivity contribution in [1.82, 2.24) is 14.8 Å². The monoisotopic (exact) mass is 482 g/mol. The molecule has 5 atom stereocenters. The largest absolute Gasteiger partial charge is 0.376 e. The molecule has 1 aromatic heterocycles. The highest BCUT2D eigenvalue weighted by Gasteiger charge is 2.48. The van der Waals surface area contributed by atoms with Crippen molar-refractivity contribution in [1.29, 1.82) is 0 Å². The van der Waals surface area contributed by atoms with Crippen molar-refractivity contribution in [2.24, 2.45) is 18.9 Å². The van der Waals surface area contributed by atoms with Gasteiger partial charge in [0.1, 0.15) is 0 Å². The van der Waals surface area contributed by atoms with E-state index in [1.165, 1.54) is 11.3 Å². The number of anilines is 1. The summed E-state index contributed by atoms with van der Waals surface area (Å²) in [5.74, 6) is 0.234.